The van der Waals surface area contributed by atoms with E-state index in [9.17, 15) is 14.4 Å². The quantitative estimate of drug-likeness (QED) is 0.180. The van der Waals surface area contributed by atoms with E-state index in [4.69, 9.17) is 23.7 Å². The van der Waals surface area contributed by atoms with E-state index >= 15 is 0 Å². The normalized spacial score (nSPS) is 18.0. The van der Waals surface area contributed by atoms with Gasteiger partial charge >= 0.3 is 11.7 Å². The number of aromatic nitrogens is 2. The van der Waals surface area contributed by atoms with Crippen molar-refractivity contribution in [3.8, 4) is 11.5 Å². The smallest absolute Gasteiger partial charge is 0.330 e. The molecule has 236 valence electrons. The lowest BCUT2D eigenvalue weighted by Crippen LogP contribution is -2.37. The average Bonchev–Trinajstić information content (AvgIpc) is 3.46. The van der Waals surface area contributed by atoms with Crippen LogP contribution in [0, 0.1) is 12.8 Å². The molecule has 4 aromatic rings. The van der Waals surface area contributed by atoms with Gasteiger partial charge in [-0.05, 0) is 61.2 Å². The molecule has 0 bridgehead atoms. The van der Waals surface area contributed by atoms with Gasteiger partial charge in [-0.3, -0.25) is 19.1 Å². The summed E-state index contributed by atoms with van der Waals surface area (Å²) in [5.74, 6) is 0.719. The van der Waals surface area contributed by atoms with Crippen LogP contribution in [0.5, 0.6) is 11.5 Å². The molecule has 0 aliphatic carbocycles. The Morgan fingerprint density at radius 1 is 0.911 bits per heavy atom. The fourth-order valence-corrected chi connectivity index (χ4v) is 5.86. The highest BCUT2D eigenvalue weighted by atomic mass is 16.6. The SMILES string of the molecule is CCOC(=O)C[C@H]1C[C@H](n2cc(C)c(=O)[nH]c2=O)O[C@@H]1COC(c1ccccc1)(c1ccc(OC)cc1)c1ccc(OC)cc1. The Balaban J connectivity index is 1.57. The Bertz CT molecular complexity index is 1650. The molecule has 0 saturated carbocycles. The fourth-order valence-electron chi connectivity index (χ4n) is 5.86. The number of carbonyl (C=O) groups excluding carboxylic acids is 1. The predicted molar refractivity (Wildman–Crippen MR) is 168 cm³/mol. The molecule has 5 rings (SSSR count). The lowest BCUT2D eigenvalue weighted by molar-refractivity contribution is -0.145. The molecule has 0 unspecified atom stereocenters. The van der Waals surface area contributed by atoms with E-state index in [2.05, 4.69) is 4.98 Å². The number of methoxy groups -OCH3 is 2. The minimum absolute atomic E-state index is 0.0740. The van der Waals surface area contributed by atoms with Crippen LogP contribution in [-0.2, 0) is 24.6 Å². The van der Waals surface area contributed by atoms with Crippen LogP contribution in [0.3, 0.4) is 0 Å². The number of hydrogen-bond acceptors (Lipinski definition) is 8. The third kappa shape index (κ3) is 6.72. The molecular weight excluding hydrogens is 576 g/mol. The molecule has 0 amide bonds. The number of nitrogens with one attached hydrogen (secondary N) is 1. The summed E-state index contributed by atoms with van der Waals surface area (Å²) in [7, 11) is 3.23. The molecule has 3 aromatic carbocycles. The van der Waals surface area contributed by atoms with Crippen LogP contribution in [0.25, 0.3) is 0 Å². The lowest BCUT2D eigenvalue weighted by Gasteiger charge is -2.37. The first kappa shape index (κ1) is 31.7. The number of carbonyl (C=O) groups is 1. The van der Waals surface area contributed by atoms with Crippen molar-refractivity contribution in [2.24, 2.45) is 5.92 Å². The van der Waals surface area contributed by atoms with E-state index in [1.54, 1.807) is 28.1 Å². The summed E-state index contributed by atoms with van der Waals surface area (Å²) in [4.78, 5) is 39.8. The monoisotopic (exact) mass is 614 g/mol. The van der Waals surface area contributed by atoms with Crippen molar-refractivity contribution >= 4 is 5.97 Å². The molecular formula is C35H38N2O8. The summed E-state index contributed by atoms with van der Waals surface area (Å²) in [5, 5.41) is 0. The summed E-state index contributed by atoms with van der Waals surface area (Å²) in [5.41, 5.74) is 0.825. The second kappa shape index (κ2) is 14.0. The summed E-state index contributed by atoms with van der Waals surface area (Å²) in [6.45, 7) is 3.71. The molecule has 0 radical (unpaired) electrons. The maximum Gasteiger partial charge on any atom is 0.330 e. The molecule has 1 aliphatic rings. The zero-order chi connectivity index (χ0) is 32.0. The van der Waals surface area contributed by atoms with Gasteiger partial charge in [0, 0.05) is 17.7 Å². The Morgan fingerprint density at radius 2 is 1.49 bits per heavy atom. The molecule has 1 saturated heterocycles. The van der Waals surface area contributed by atoms with Gasteiger partial charge in [-0.1, -0.05) is 54.6 Å². The standard InChI is InChI=1S/C35H38N2O8/c1-5-43-32(38)20-24-19-31(37-21-23(2)33(39)36-34(37)40)45-30(24)22-44-35(25-9-7-6-8-10-25,26-11-15-28(41-3)16-12-26)27-13-17-29(42-4)18-14-27/h6-18,21,24,30-31H,5,19-20,22H2,1-4H3,(H,36,39,40)/t24-,30-,31-/m1/s1. The molecule has 1 aromatic heterocycles. The van der Waals surface area contributed by atoms with Crippen LogP contribution in [-0.4, -0.2) is 49.1 Å². The number of esters is 1. The molecule has 10 heteroatoms. The number of hydrogen-bond donors (Lipinski definition) is 1. The molecule has 1 fully saturated rings. The van der Waals surface area contributed by atoms with E-state index in [1.165, 1.54) is 10.8 Å². The van der Waals surface area contributed by atoms with E-state index in [0.29, 0.717) is 23.5 Å². The number of aryl methyl sites for hydroxylation is 1. The third-order valence-electron chi connectivity index (χ3n) is 8.19. The Labute approximate surface area is 261 Å². The number of benzene rings is 3. The van der Waals surface area contributed by atoms with E-state index < -0.39 is 29.2 Å². The average molecular weight is 615 g/mol. The van der Waals surface area contributed by atoms with Crippen molar-refractivity contribution in [2.75, 3.05) is 27.4 Å². The zero-order valence-electron chi connectivity index (χ0n) is 25.9. The van der Waals surface area contributed by atoms with Crippen molar-refractivity contribution < 1.29 is 28.5 Å². The largest absolute Gasteiger partial charge is 0.497 e. The van der Waals surface area contributed by atoms with Gasteiger partial charge in [0.25, 0.3) is 5.56 Å². The number of rotatable bonds is 12. The first-order chi connectivity index (χ1) is 21.8. The molecule has 1 aliphatic heterocycles. The first-order valence-electron chi connectivity index (χ1n) is 14.9. The number of aromatic amines is 1. The second-order valence-electron chi connectivity index (χ2n) is 10.9. The zero-order valence-corrected chi connectivity index (χ0v) is 25.9. The van der Waals surface area contributed by atoms with Crippen LogP contribution >= 0.6 is 0 Å². The summed E-state index contributed by atoms with van der Waals surface area (Å²) >= 11 is 0. The molecule has 1 N–H and O–H groups in total. The topological polar surface area (TPSA) is 118 Å². The van der Waals surface area contributed by atoms with Crippen molar-refractivity contribution in [3.63, 3.8) is 0 Å². The number of nitrogens with zero attached hydrogens (tertiary/aromatic N) is 1. The summed E-state index contributed by atoms with van der Waals surface area (Å²) in [6, 6.07) is 25.3. The molecule has 0 spiro atoms. The minimum Gasteiger partial charge on any atom is -0.497 e. The van der Waals surface area contributed by atoms with Crippen molar-refractivity contribution in [3.05, 3.63) is 128 Å². The van der Waals surface area contributed by atoms with Gasteiger partial charge in [-0.2, -0.15) is 0 Å². The number of ether oxygens (including phenoxy) is 5. The summed E-state index contributed by atoms with van der Waals surface area (Å²) in [6.07, 6.45) is 0.618. The predicted octanol–water partition coefficient (Wildman–Crippen LogP) is 4.73. The number of H-pyrrole nitrogens is 1. The third-order valence-corrected chi connectivity index (χ3v) is 8.19. The van der Waals surface area contributed by atoms with Gasteiger partial charge < -0.3 is 23.7 Å². The van der Waals surface area contributed by atoms with E-state index in [-0.39, 0.29) is 31.5 Å². The highest BCUT2D eigenvalue weighted by Crippen LogP contribution is 2.43. The Kier molecular flexibility index (Phi) is 9.85. The second-order valence-corrected chi connectivity index (χ2v) is 10.9. The highest BCUT2D eigenvalue weighted by molar-refractivity contribution is 5.69. The van der Waals surface area contributed by atoms with Gasteiger partial charge in [0.05, 0.1) is 40.0 Å². The van der Waals surface area contributed by atoms with Crippen LogP contribution in [0.15, 0.2) is 94.6 Å². The lowest BCUT2D eigenvalue weighted by atomic mass is 9.80. The van der Waals surface area contributed by atoms with Gasteiger partial charge in [-0.15, -0.1) is 0 Å². The Hall–Kier alpha value is -4.67. The maximum atomic E-state index is 12.8. The molecule has 10 nitrogen and oxygen atoms in total. The van der Waals surface area contributed by atoms with Gasteiger partial charge in [0.1, 0.15) is 23.3 Å². The van der Waals surface area contributed by atoms with Crippen molar-refractivity contribution in [2.45, 2.75) is 44.6 Å². The fraction of sp³-hybridized carbons (Fsp3) is 0.343. The Morgan fingerprint density at radius 3 is 2.04 bits per heavy atom. The van der Waals surface area contributed by atoms with E-state index in [0.717, 1.165) is 16.7 Å². The van der Waals surface area contributed by atoms with Gasteiger partial charge in [0.15, 0.2) is 0 Å². The minimum atomic E-state index is -1.10. The molecule has 2 heterocycles. The van der Waals surface area contributed by atoms with Crippen LogP contribution < -0.4 is 20.7 Å². The highest BCUT2D eigenvalue weighted by Gasteiger charge is 2.43. The van der Waals surface area contributed by atoms with Crippen molar-refractivity contribution in [1.82, 2.24) is 9.55 Å². The summed E-state index contributed by atoms with van der Waals surface area (Å²) < 4.78 is 31.0. The van der Waals surface area contributed by atoms with E-state index in [1.807, 2.05) is 78.9 Å². The maximum absolute atomic E-state index is 12.8. The first-order valence-corrected chi connectivity index (χ1v) is 14.9. The van der Waals surface area contributed by atoms with Crippen molar-refractivity contribution in [1.29, 1.82) is 0 Å². The van der Waals surface area contributed by atoms with Gasteiger partial charge in [0.2, 0.25) is 0 Å². The van der Waals surface area contributed by atoms with Crippen LogP contribution in [0.1, 0.15) is 48.2 Å². The van der Waals surface area contributed by atoms with Crippen LogP contribution in [0.2, 0.25) is 0 Å². The van der Waals surface area contributed by atoms with Crippen LogP contribution in [0.4, 0.5) is 0 Å². The van der Waals surface area contributed by atoms with Gasteiger partial charge in [-0.25, -0.2) is 4.79 Å². The molecule has 45 heavy (non-hydrogen) atoms. The molecule has 3 atom stereocenters.